The minimum Gasteiger partial charge on any atom is -0.348 e. The van der Waals surface area contributed by atoms with Crippen molar-refractivity contribution in [3.05, 3.63) is 62.4 Å². The molecule has 0 atom stereocenters. The third-order valence-corrected chi connectivity index (χ3v) is 9.55. The molecule has 1 aliphatic rings. The van der Waals surface area contributed by atoms with Crippen LogP contribution in [0.5, 0.6) is 0 Å². The van der Waals surface area contributed by atoms with Crippen LogP contribution >= 0.6 is 50.5 Å². The van der Waals surface area contributed by atoms with Gasteiger partial charge in [-0.3, -0.25) is 0 Å². The van der Waals surface area contributed by atoms with Crippen LogP contribution in [0.25, 0.3) is 11.3 Å². The molecule has 1 fully saturated rings. The monoisotopic (exact) mass is 530 g/mol. The van der Waals surface area contributed by atoms with E-state index in [9.17, 15) is 8.42 Å². The predicted octanol–water partition coefficient (Wildman–Crippen LogP) is 6.32. The van der Waals surface area contributed by atoms with Gasteiger partial charge in [0.2, 0.25) is 0 Å². The Bertz CT molecular complexity index is 1120. The van der Waals surface area contributed by atoms with Gasteiger partial charge in [0.1, 0.15) is 0 Å². The highest BCUT2D eigenvalue weighted by Crippen LogP contribution is 2.34. The first-order valence-electron chi connectivity index (χ1n) is 9.00. The number of aromatic nitrogens is 1. The van der Waals surface area contributed by atoms with E-state index in [1.807, 2.05) is 23.6 Å². The zero-order valence-corrected chi connectivity index (χ0v) is 19.9. The third kappa shape index (κ3) is 4.49. The molecule has 2 heterocycles. The Kier molecular flexibility index (Phi) is 6.23. The molecule has 9 heteroatoms. The molecule has 4 nitrogen and oxygen atoms in total. The number of thiazole rings is 1. The van der Waals surface area contributed by atoms with Crippen molar-refractivity contribution in [2.24, 2.45) is 0 Å². The van der Waals surface area contributed by atoms with Gasteiger partial charge in [0.25, 0.3) is 0 Å². The minimum atomic E-state index is -3.37. The van der Waals surface area contributed by atoms with Gasteiger partial charge < -0.3 is 4.90 Å². The lowest BCUT2D eigenvalue weighted by atomic mass is 10.1. The zero-order valence-electron chi connectivity index (χ0n) is 15.2. The molecule has 4 rings (SSSR count). The van der Waals surface area contributed by atoms with Crippen LogP contribution in [-0.2, 0) is 9.84 Å². The Balaban J connectivity index is 1.48. The highest BCUT2D eigenvalue weighted by atomic mass is 79.9. The number of benzene rings is 2. The summed E-state index contributed by atoms with van der Waals surface area (Å²) < 4.78 is 26.7. The van der Waals surface area contributed by atoms with Crippen LogP contribution in [0.4, 0.5) is 5.13 Å². The zero-order chi connectivity index (χ0) is 20.6. The highest BCUT2D eigenvalue weighted by Gasteiger charge is 2.33. The van der Waals surface area contributed by atoms with Gasteiger partial charge in [0.05, 0.1) is 15.8 Å². The van der Waals surface area contributed by atoms with E-state index in [4.69, 9.17) is 28.2 Å². The molecule has 0 radical (unpaired) electrons. The second-order valence-corrected chi connectivity index (χ2v) is 11.6. The molecule has 0 spiro atoms. The van der Waals surface area contributed by atoms with Crippen molar-refractivity contribution >= 4 is 65.4 Å². The molecule has 0 unspecified atom stereocenters. The first-order valence-corrected chi connectivity index (χ1v) is 13.0. The molecular weight excluding hydrogens is 515 g/mol. The molecule has 1 aromatic heterocycles. The van der Waals surface area contributed by atoms with E-state index in [1.54, 1.807) is 35.6 Å². The Morgan fingerprint density at radius 1 is 1.07 bits per heavy atom. The summed E-state index contributed by atoms with van der Waals surface area (Å²) in [7, 11) is -3.37. The molecule has 152 valence electrons. The number of sulfone groups is 1. The first kappa shape index (κ1) is 21.1. The van der Waals surface area contributed by atoms with Gasteiger partial charge in [-0.15, -0.1) is 11.3 Å². The molecule has 3 aromatic rings. The topological polar surface area (TPSA) is 50.3 Å². The smallest absolute Gasteiger partial charge is 0.185 e. The van der Waals surface area contributed by atoms with Gasteiger partial charge >= 0.3 is 0 Å². The number of piperidine rings is 1. The molecule has 0 saturated carbocycles. The van der Waals surface area contributed by atoms with Gasteiger partial charge in [0, 0.05) is 38.6 Å². The number of anilines is 1. The molecule has 2 aromatic carbocycles. The molecular formula is C20H17BrCl2N2O2S2. The summed E-state index contributed by atoms with van der Waals surface area (Å²) in [5, 5.41) is 3.61. The van der Waals surface area contributed by atoms with Crippen LogP contribution in [-0.4, -0.2) is 31.7 Å². The Hall–Kier alpha value is -1.12. The van der Waals surface area contributed by atoms with Crippen molar-refractivity contribution in [2.45, 2.75) is 23.0 Å². The van der Waals surface area contributed by atoms with Crippen molar-refractivity contribution in [1.82, 2.24) is 4.98 Å². The average molecular weight is 532 g/mol. The van der Waals surface area contributed by atoms with Crippen LogP contribution < -0.4 is 4.90 Å². The van der Waals surface area contributed by atoms with Gasteiger partial charge in [0.15, 0.2) is 15.0 Å². The summed E-state index contributed by atoms with van der Waals surface area (Å²) in [6, 6.07) is 12.4. The van der Waals surface area contributed by atoms with Crippen molar-refractivity contribution in [3.8, 4) is 11.3 Å². The summed E-state index contributed by atoms with van der Waals surface area (Å²) in [6.07, 6.45) is 1.14. The quantitative estimate of drug-likeness (QED) is 0.395. The van der Waals surface area contributed by atoms with E-state index in [0.717, 1.165) is 16.4 Å². The molecule has 1 aliphatic heterocycles. The normalized spacial score (nSPS) is 15.6. The van der Waals surface area contributed by atoms with E-state index in [1.165, 1.54) is 0 Å². The lowest BCUT2D eigenvalue weighted by Crippen LogP contribution is -2.39. The lowest BCUT2D eigenvalue weighted by Gasteiger charge is -2.31. The summed E-state index contributed by atoms with van der Waals surface area (Å²) in [5.41, 5.74) is 1.69. The predicted molar refractivity (Wildman–Crippen MR) is 124 cm³/mol. The second kappa shape index (κ2) is 8.55. The fraction of sp³-hybridized carbons (Fsp3) is 0.250. The largest absolute Gasteiger partial charge is 0.348 e. The van der Waals surface area contributed by atoms with E-state index in [2.05, 4.69) is 20.8 Å². The Morgan fingerprint density at radius 3 is 2.38 bits per heavy atom. The van der Waals surface area contributed by atoms with Crippen LogP contribution in [0.1, 0.15) is 12.8 Å². The summed E-state index contributed by atoms with van der Waals surface area (Å²) >= 11 is 17.1. The fourth-order valence-electron chi connectivity index (χ4n) is 3.46. The van der Waals surface area contributed by atoms with Crippen LogP contribution in [0.15, 0.2) is 57.2 Å². The van der Waals surface area contributed by atoms with Gasteiger partial charge in [-0.1, -0.05) is 35.3 Å². The summed E-state index contributed by atoms with van der Waals surface area (Å²) in [5.74, 6) is 0. The molecule has 0 N–H and O–H groups in total. The van der Waals surface area contributed by atoms with Crippen molar-refractivity contribution in [3.63, 3.8) is 0 Å². The minimum absolute atomic E-state index is 0.368. The number of hydrogen-bond acceptors (Lipinski definition) is 5. The van der Waals surface area contributed by atoms with E-state index in [0.29, 0.717) is 45.3 Å². The summed E-state index contributed by atoms with van der Waals surface area (Å²) in [6.45, 7) is 1.30. The molecule has 29 heavy (non-hydrogen) atoms. The van der Waals surface area contributed by atoms with Gasteiger partial charge in [-0.05, 0) is 59.1 Å². The maximum Gasteiger partial charge on any atom is 0.185 e. The van der Waals surface area contributed by atoms with E-state index in [-0.39, 0.29) is 5.25 Å². The van der Waals surface area contributed by atoms with Crippen molar-refractivity contribution in [2.75, 3.05) is 18.0 Å². The Morgan fingerprint density at radius 2 is 1.72 bits per heavy atom. The fourth-order valence-corrected chi connectivity index (χ4v) is 7.63. The van der Waals surface area contributed by atoms with E-state index < -0.39 is 9.84 Å². The van der Waals surface area contributed by atoms with Crippen molar-refractivity contribution in [1.29, 1.82) is 0 Å². The van der Waals surface area contributed by atoms with Crippen LogP contribution in [0.3, 0.4) is 0 Å². The van der Waals surface area contributed by atoms with Gasteiger partial charge in [-0.2, -0.15) is 0 Å². The van der Waals surface area contributed by atoms with Gasteiger partial charge in [-0.25, -0.2) is 13.4 Å². The maximum absolute atomic E-state index is 13.0. The van der Waals surface area contributed by atoms with Crippen LogP contribution in [0, 0.1) is 0 Å². The van der Waals surface area contributed by atoms with E-state index >= 15 is 0 Å². The summed E-state index contributed by atoms with van der Waals surface area (Å²) in [4.78, 5) is 7.23. The average Bonchev–Trinajstić information content (AvgIpc) is 3.18. The Labute approximate surface area is 192 Å². The number of hydrogen-bond donors (Lipinski definition) is 0. The number of rotatable bonds is 4. The standard InChI is InChI=1S/C20H17BrCl2N2O2S2/c21-17-3-1-2-4-19(17)29(26,27)16-5-7-25(8-6-16)20-24-18(12-28-20)13-9-14(22)11-15(23)10-13/h1-4,9-12,16H,5-8H2. The maximum atomic E-state index is 13.0. The third-order valence-electron chi connectivity index (χ3n) is 4.94. The SMILES string of the molecule is O=S(=O)(c1ccccc1Br)C1CCN(c2nc(-c3cc(Cl)cc(Cl)c3)cs2)CC1. The second-order valence-electron chi connectivity index (χ2n) is 6.84. The first-order chi connectivity index (χ1) is 13.8. The van der Waals surface area contributed by atoms with Crippen LogP contribution in [0.2, 0.25) is 10.0 Å². The molecule has 0 aliphatic carbocycles. The lowest BCUT2D eigenvalue weighted by molar-refractivity contribution is 0.529. The molecule has 1 saturated heterocycles. The number of nitrogens with zero attached hydrogens (tertiary/aromatic N) is 2. The molecule has 0 bridgehead atoms. The van der Waals surface area contributed by atoms with Crippen molar-refractivity contribution < 1.29 is 8.42 Å². The highest BCUT2D eigenvalue weighted by molar-refractivity contribution is 9.10. The molecule has 0 amide bonds. The number of halogens is 3.